The van der Waals surface area contributed by atoms with Crippen LogP contribution in [-0.4, -0.2) is 32.7 Å². The molecule has 0 aliphatic rings. The molecule has 7 rings (SSSR count). The molecule has 0 spiro atoms. The predicted molar refractivity (Wildman–Crippen MR) is 294 cm³/mol. The summed E-state index contributed by atoms with van der Waals surface area (Å²) in [5.74, 6) is 2.78. The van der Waals surface area contributed by atoms with Gasteiger partial charge in [0.1, 0.15) is 37.1 Å². The number of nitrogens with one attached hydrogen (secondary N) is 3. The summed E-state index contributed by atoms with van der Waals surface area (Å²) in [7, 11) is 0. The Morgan fingerprint density at radius 2 is 0.603 bits per heavy atom. The normalized spacial score (nSPS) is 10.0. The van der Waals surface area contributed by atoms with E-state index in [0.29, 0.717) is 19.8 Å². The van der Waals surface area contributed by atoms with Gasteiger partial charge < -0.3 is 30.2 Å². The number of ether oxygens (including phenoxy) is 3. The summed E-state index contributed by atoms with van der Waals surface area (Å²) in [6.45, 7) is 12.4. The molecule has 0 aromatic heterocycles. The van der Waals surface area contributed by atoms with Gasteiger partial charge in [-0.2, -0.15) is 0 Å². The summed E-state index contributed by atoms with van der Waals surface area (Å²) in [6, 6.07) is 66.4. The third kappa shape index (κ3) is 25.7. The van der Waals surface area contributed by atoms with Crippen molar-refractivity contribution in [2.24, 2.45) is 0 Å². The van der Waals surface area contributed by atoms with E-state index in [1.807, 2.05) is 60.7 Å². The van der Waals surface area contributed by atoms with Crippen molar-refractivity contribution in [2.75, 3.05) is 32.7 Å². The lowest BCUT2D eigenvalue weighted by Crippen LogP contribution is -2.18. The van der Waals surface area contributed by atoms with E-state index in [2.05, 4.69) is 163 Å². The SMILES string of the molecule is CCCCNCCc1ccc(OCc2ccccc2)cc1.CCCNCCc1ccc(OCc2ccccc2)cc1.Cl.Cl.Cl.c1ccc(CNCCc2ccc(OCc3ccccc3)cc2)cc1. The lowest BCUT2D eigenvalue weighted by molar-refractivity contribution is 0.306. The van der Waals surface area contributed by atoms with E-state index in [9.17, 15) is 0 Å². The Bertz CT molecular complexity index is 2200. The topological polar surface area (TPSA) is 63.8 Å². The number of halogens is 3. The van der Waals surface area contributed by atoms with Gasteiger partial charge >= 0.3 is 0 Å². The standard InChI is InChI=1S/C22H23NO.C19H25NO.C18H23NO.3ClH/c1-3-7-20(8-4-1)17-23-16-15-19-11-13-22(14-12-19)24-18-21-9-5-2-6-10-21;1-2-3-14-20-15-13-17-9-11-19(12-10-17)21-16-18-7-5-4-6-8-18;1-2-13-19-14-12-16-8-10-18(11-9-16)20-15-17-6-4-3-5-7-17;;;/h1-14,23H,15-18H2;4-12,20H,2-3,13-16H2,1H3;3-11,19H,2,12-15H2,1H3;3*1H. The molecule has 0 fully saturated rings. The quantitative estimate of drug-likeness (QED) is 0.0496. The van der Waals surface area contributed by atoms with Crippen LogP contribution in [0.4, 0.5) is 0 Å². The van der Waals surface area contributed by atoms with Crippen molar-refractivity contribution in [2.45, 2.75) is 78.7 Å². The van der Waals surface area contributed by atoms with Crippen molar-refractivity contribution in [1.82, 2.24) is 16.0 Å². The number of rotatable bonds is 25. The molecule has 3 N–H and O–H groups in total. The van der Waals surface area contributed by atoms with Gasteiger partial charge in [-0.15, -0.1) is 37.2 Å². The van der Waals surface area contributed by atoms with Gasteiger partial charge in [0.05, 0.1) is 0 Å². The Morgan fingerprint density at radius 1 is 0.294 bits per heavy atom. The van der Waals surface area contributed by atoms with E-state index in [1.54, 1.807) is 0 Å². The zero-order valence-corrected chi connectivity index (χ0v) is 42.5. The van der Waals surface area contributed by atoms with Crippen LogP contribution in [0.15, 0.2) is 194 Å². The molecule has 0 saturated carbocycles. The fourth-order valence-electron chi connectivity index (χ4n) is 6.74. The van der Waals surface area contributed by atoms with Crippen molar-refractivity contribution < 1.29 is 14.2 Å². The minimum atomic E-state index is 0. The van der Waals surface area contributed by atoms with Crippen LogP contribution < -0.4 is 30.2 Å². The second kappa shape index (κ2) is 37.6. The molecular weight excluding hydrogens is 905 g/mol. The van der Waals surface area contributed by atoms with E-state index in [0.717, 1.165) is 75.8 Å². The van der Waals surface area contributed by atoms with Crippen molar-refractivity contribution >= 4 is 37.2 Å². The molecule has 6 nitrogen and oxygen atoms in total. The Hall–Kier alpha value is -5.31. The molecule has 7 aromatic carbocycles. The summed E-state index contributed by atoms with van der Waals surface area (Å²) < 4.78 is 17.4. The first-order valence-corrected chi connectivity index (χ1v) is 23.6. The fraction of sp³-hybridized carbons (Fsp3) is 0.288. The Balaban J connectivity index is 0.000000344. The van der Waals surface area contributed by atoms with E-state index in [1.165, 1.54) is 58.2 Å². The minimum Gasteiger partial charge on any atom is -0.489 e. The van der Waals surface area contributed by atoms with Crippen molar-refractivity contribution in [3.63, 3.8) is 0 Å². The lowest BCUT2D eigenvalue weighted by Gasteiger charge is -2.08. The van der Waals surface area contributed by atoms with Crippen LogP contribution in [-0.2, 0) is 45.6 Å². The summed E-state index contributed by atoms with van der Waals surface area (Å²) in [5.41, 5.74) is 8.92. The minimum absolute atomic E-state index is 0. The third-order valence-electron chi connectivity index (χ3n) is 10.6. The highest BCUT2D eigenvalue weighted by Gasteiger charge is 2.01. The van der Waals surface area contributed by atoms with Crippen molar-refractivity contribution in [3.05, 3.63) is 233 Å². The molecule has 0 bridgehead atoms. The second-order valence-electron chi connectivity index (χ2n) is 16.0. The maximum absolute atomic E-state index is 5.81. The molecule has 0 aliphatic heterocycles. The molecule has 0 unspecified atom stereocenters. The van der Waals surface area contributed by atoms with Gasteiger partial charge in [0.2, 0.25) is 0 Å². The highest BCUT2D eigenvalue weighted by Crippen LogP contribution is 2.17. The average Bonchev–Trinajstić information content (AvgIpc) is 3.37. The van der Waals surface area contributed by atoms with Crippen LogP contribution in [0, 0.1) is 0 Å². The van der Waals surface area contributed by atoms with Gasteiger partial charge in [0, 0.05) is 6.54 Å². The average molecular weight is 980 g/mol. The predicted octanol–water partition coefficient (Wildman–Crippen LogP) is 13.9. The molecule has 0 amide bonds. The molecule has 0 heterocycles. The Morgan fingerprint density at radius 3 is 0.926 bits per heavy atom. The van der Waals surface area contributed by atoms with Gasteiger partial charge in [0.25, 0.3) is 0 Å². The Kier molecular flexibility index (Phi) is 32.6. The largest absolute Gasteiger partial charge is 0.489 e. The zero-order chi connectivity index (χ0) is 45.3. The molecule has 0 aliphatic carbocycles. The summed E-state index contributed by atoms with van der Waals surface area (Å²) in [6.07, 6.45) is 6.85. The van der Waals surface area contributed by atoms with Crippen LogP contribution >= 0.6 is 37.2 Å². The first kappa shape index (κ1) is 58.8. The molecule has 68 heavy (non-hydrogen) atoms. The fourth-order valence-corrected chi connectivity index (χ4v) is 6.74. The molecule has 0 atom stereocenters. The van der Waals surface area contributed by atoms with Crippen LogP contribution in [0.3, 0.4) is 0 Å². The van der Waals surface area contributed by atoms with Crippen molar-refractivity contribution in [3.8, 4) is 17.2 Å². The molecule has 0 radical (unpaired) electrons. The molecule has 9 heteroatoms. The van der Waals surface area contributed by atoms with Crippen LogP contribution in [0.5, 0.6) is 17.2 Å². The van der Waals surface area contributed by atoms with E-state index >= 15 is 0 Å². The number of hydrogen-bond acceptors (Lipinski definition) is 6. The third-order valence-corrected chi connectivity index (χ3v) is 10.6. The Labute approximate surface area is 426 Å². The summed E-state index contributed by atoms with van der Waals surface area (Å²) in [4.78, 5) is 0. The maximum Gasteiger partial charge on any atom is 0.119 e. The van der Waals surface area contributed by atoms with Crippen LogP contribution in [0.2, 0.25) is 0 Å². The first-order chi connectivity index (χ1) is 32.2. The van der Waals surface area contributed by atoms with E-state index in [-0.39, 0.29) is 37.2 Å². The van der Waals surface area contributed by atoms with Gasteiger partial charge in [0.15, 0.2) is 0 Å². The van der Waals surface area contributed by atoms with Gasteiger partial charge in [-0.25, -0.2) is 0 Å². The van der Waals surface area contributed by atoms with Gasteiger partial charge in [-0.1, -0.05) is 178 Å². The van der Waals surface area contributed by atoms with Crippen LogP contribution in [0.1, 0.15) is 72.1 Å². The highest BCUT2D eigenvalue weighted by molar-refractivity contribution is 5.86. The molecular formula is C59H74Cl3N3O3. The number of benzene rings is 7. The van der Waals surface area contributed by atoms with Crippen molar-refractivity contribution in [1.29, 1.82) is 0 Å². The molecule has 7 aromatic rings. The molecule has 364 valence electrons. The van der Waals surface area contributed by atoms with Crippen LogP contribution in [0.25, 0.3) is 0 Å². The smallest absolute Gasteiger partial charge is 0.119 e. The zero-order valence-electron chi connectivity index (χ0n) is 40.0. The second-order valence-corrected chi connectivity index (χ2v) is 16.0. The number of hydrogen-bond donors (Lipinski definition) is 3. The maximum atomic E-state index is 5.81. The van der Waals surface area contributed by atoms with E-state index < -0.39 is 0 Å². The highest BCUT2D eigenvalue weighted by atomic mass is 35.5. The van der Waals surface area contributed by atoms with Gasteiger partial charge in [-0.05, 0) is 140 Å². The number of unbranched alkanes of at least 4 members (excludes halogenated alkanes) is 1. The lowest BCUT2D eigenvalue weighted by atomic mass is 10.1. The van der Waals surface area contributed by atoms with Gasteiger partial charge in [-0.3, -0.25) is 0 Å². The molecule has 0 saturated heterocycles. The summed E-state index contributed by atoms with van der Waals surface area (Å²) >= 11 is 0. The monoisotopic (exact) mass is 977 g/mol. The first-order valence-electron chi connectivity index (χ1n) is 23.6. The summed E-state index contributed by atoms with van der Waals surface area (Å²) in [5, 5.41) is 10.4. The van der Waals surface area contributed by atoms with E-state index in [4.69, 9.17) is 14.2 Å².